The van der Waals surface area contributed by atoms with E-state index in [1.807, 2.05) is 0 Å². The van der Waals surface area contributed by atoms with Crippen LogP contribution in [0.3, 0.4) is 0 Å². The zero-order chi connectivity index (χ0) is 72.4. The van der Waals surface area contributed by atoms with Crippen LogP contribution in [0.5, 0.6) is 0 Å². The first-order chi connectivity index (χ1) is 49.3. The van der Waals surface area contributed by atoms with Gasteiger partial charge in [0.25, 0.3) is 0 Å². The van der Waals surface area contributed by atoms with E-state index < -0.39 is 24.1 Å². The summed E-state index contributed by atoms with van der Waals surface area (Å²) in [6.45, 7) is 19.1. The van der Waals surface area contributed by atoms with Gasteiger partial charge in [0.15, 0.2) is 0 Å². The molecule has 8 saturated carbocycles. The van der Waals surface area contributed by atoms with Gasteiger partial charge in [-0.05, 0) is 246 Å². The molecule has 578 valence electrons. The number of unbranched alkanes of at least 4 members (excludes halogenated alkanes) is 16. The minimum atomic E-state index is -0.746. The fourth-order valence-electron chi connectivity index (χ4n) is 17.5. The van der Waals surface area contributed by atoms with Gasteiger partial charge in [-0.1, -0.05) is 154 Å². The predicted octanol–water partition coefficient (Wildman–Crippen LogP) is 20.2. The molecule has 0 saturated heterocycles. The summed E-state index contributed by atoms with van der Waals surface area (Å²) in [5.74, 6) is 4.21. The molecule has 8 aliphatic rings. The maximum absolute atomic E-state index is 13.0. The molecule has 8 rings (SSSR count). The van der Waals surface area contributed by atoms with Gasteiger partial charge in [-0.25, -0.2) is 9.59 Å². The molecular weight excluding hydrogens is 1270 g/mol. The third-order valence-electron chi connectivity index (χ3n) is 22.8. The van der Waals surface area contributed by atoms with Crippen LogP contribution in [0.2, 0.25) is 0 Å². The molecule has 0 heterocycles. The number of allylic oxidation sites excluding steroid dienone is 8. The van der Waals surface area contributed by atoms with E-state index >= 15 is 0 Å². The lowest BCUT2D eigenvalue weighted by Crippen LogP contribution is -2.46. The molecule has 0 aromatic rings. The Labute approximate surface area is 613 Å². The number of esters is 4. The maximum Gasteiger partial charge on any atom is 0.508 e. The van der Waals surface area contributed by atoms with E-state index in [2.05, 4.69) is 100.0 Å². The van der Waals surface area contributed by atoms with Crippen LogP contribution < -0.4 is 0 Å². The Morgan fingerprint density at radius 2 is 0.693 bits per heavy atom. The minimum Gasteiger partial charge on any atom is -0.465 e. The van der Waals surface area contributed by atoms with Crippen LogP contribution in [0.15, 0.2) is 48.6 Å². The molecule has 0 aliphatic heterocycles. The number of carbonyl (C=O) groups is 6. The van der Waals surface area contributed by atoms with Gasteiger partial charge in [0.1, 0.15) is 39.6 Å². The minimum absolute atomic E-state index is 0.0306. The Morgan fingerprint density at radius 1 is 0.356 bits per heavy atom. The molecule has 0 N–H and O–H groups in total. The highest BCUT2D eigenvalue weighted by Gasteiger charge is 2.51. The maximum atomic E-state index is 13.0. The van der Waals surface area contributed by atoms with Crippen molar-refractivity contribution in [2.45, 2.75) is 298 Å². The largest absolute Gasteiger partial charge is 0.508 e. The summed E-state index contributed by atoms with van der Waals surface area (Å²) in [5, 5.41) is 0. The van der Waals surface area contributed by atoms with Gasteiger partial charge in [-0.3, -0.25) is 19.2 Å². The van der Waals surface area contributed by atoms with Gasteiger partial charge >= 0.3 is 36.2 Å². The molecule has 0 aromatic carbocycles. The fraction of sp³-hybridized carbons (Fsp3) is 0.835. The van der Waals surface area contributed by atoms with Crippen molar-refractivity contribution >= 4 is 36.2 Å². The van der Waals surface area contributed by atoms with Crippen LogP contribution in [0.25, 0.3) is 0 Å². The molecule has 8 fully saturated rings. The standard InChI is InChI=1S/C43H73NO7.C42H71NO7/c1-4-7-8-9-10-11-12-13-14-15-16-17-18-19-20-22-40(45)49-33-39(35-51-42(47)48-26-21-25-44(5-2)6-3)34-50-41(46)23-24-43-30-36-27-37(31-43)29-38(28-36)32-43;1-4-7-8-9-10-11-12-13-14-15-16-17-18-19-20-22-40(44)48-31-36(33-50-42(46)47-24-21-23-43(5-2)6-3)32-49-41(45)30-39-37-26-34-25-35(28-37)29-38(39)27-34/h10-11,13-14,36-39H,4-9,12,15-35H2,1-3H3;10-11,13-14,34-39H,4-9,12,15-33H2,1-3H3/b2*11-10-,14-13-. The van der Waals surface area contributed by atoms with Gasteiger partial charge in [0.05, 0.1) is 25.0 Å². The van der Waals surface area contributed by atoms with Crippen molar-refractivity contribution < 1.29 is 66.7 Å². The normalized spacial score (nSPS) is 23.0. The third-order valence-corrected chi connectivity index (χ3v) is 22.8. The average Bonchev–Trinajstić information content (AvgIpc) is 0.755. The first-order valence-electron chi connectivity index (χ1n) is 41.5. The van der Waals surface area contributed by atoms with Crippen molar-refractivity contribution in [1.82, 2.24) is 9.80 Å². The Morgan fingerprint density at radius 3 is 1.08 bits per heavy atom. The Kier molecular flexibility index (Phi) is 46.5. The molecule has 2 atom stereocenters. The summed E-state index contributed by atoms with van der Waals surface area (Å²) in [6, 6.07) is 0. The summed E-state index contributed by atoms with van der Waals surface area (Å²) in [6.07, 6.45) is 59.9. The number of hydrogen-bond donors (Lipinski definition) is 0. The van der Waals surface area contributed by atoms with Gasteiger partial charge in [-0.2, -0.15) is 0 Å². The lowest BCUT2D eigenvalue weighted by atomic mass is 9.48. The van der Waals surface area contributed by atoms with Crippen molar-refractivity contribution in [3.8, 4) is 0 Å². The van der Waals surface area contributed by atoms with Gasteiger partial charge in [-0.15, -0.1) is 0 Å². The molecule has 8 bridgehead atoms. The molecule has 0 amide bonds. The molecule has 101 heavy (non-hydrogen) atoms. The Hall–Kier alpha value is -4.70. The van der Waals surface area contributed by atoms with E-state index in [1.165, 1.54) is 135 Å². The monoisotopic (exact) mass is 1420 g/mol. The zero-order valence-electron chi connectivity index (χ0n) is 64.7. The second kappa shape index (κ2) is 54.0. The van der Waals surface area contributed by atoms with Crippen LogP contribution in [0.4, 0.5) is 9.59 Å². The summed E-state index contributed by atoms with van der Waals surface area (Å²) >= 11 is 0. The molecule has 0 radical (unpaired) electrons. The lowest BCUT2D eigenvalue weighted by Gasteiger charge is -2.57. The number of nitrogens with zero attached hydrogens (tertiary/aromatic N) is 2. The van der Waals surface area contributed by atoms with E-state index in [0.717, 1.165) is 165 Å². The quantitative estimate of drug-likeness (QED) is 0.0242. The van der Waals surface area contributed by atoms with Crippen molar-refractivity contribution in [1.29, 1.82) is 0 Å². The van der Waals surface area contributed by atoms with Crippen LogP contribution in [0.1, 0.15) is 298 Å². The van der Waals surface area contributed by atoms with Crippen molar-refractivity contribution in [3.63, 3.8) is 0 Å². The van der Waals surface area contributed by atoms with Crippen molar-refractivity contribution in [3.05, 3.63) is 48.6 Å². The number of carbonyl (C=O) groups excluding carboxylic acids is 6. The Bertz CT molecular complexity index is 2300. The smallest absolute Gasteiger partial charge is 0.465 e. The third kappa shape index (κ3) is 38.8. The van der Waals surface area contributed by atoms with Crippen LogP contribution in [0, 0.1) is 64.6 Å². The molecule has 0 spiro atoms. The van der Waals surface area contributed by atoms with Gasteiger partial charge < -0.3 is 47.7 Å². The topological polar surface area (TPSA) is 183 Å². The van der Waals surface area contributed by atoms with E-state index in [-0.39, 0.29) is 76.7 Å². The van der Waals surface area contributed by atoms with Crippen LogP contribution in [-0.4, -0.2) is 138 Å². The highest BCUT2D eigenvalue weighted by molar-refractivity contribution is 5.71. The second-order valence-electron chi connectivity index (χ2n) is 31.2. The molecular formula is C85H144N2O14. The summed E-state index contributed by atoms with van der Waals surface area (Å²) in [5.41, 5.74) is 0.322. The molecule has 2 unspecified atom stereocenters. The van der Waals surface area contributed by atoms with E-state index in [1.54, 1.807) is 0 Å². The molecule has 8 aliphatic carbocycles. The van der Waals surface area contributed by atoms with E-state index in [9.17, 15) is 28.8 Å². The first kappa shape index (κ1) is 86.9. The highest BCUT2D eigenvalue weighted by atomic mass is 16.7. The van der Waals surface area contributed by atoms with Crippen molar-refractivity contribution in [2.75, 3.05) is 92.1 Å². The number of rotatable bonds is 57. The summed E-state index contributed by atoms with van der Waals surface area (Å²) in [7, 11) is 0. The van der Waals surface area contributed by atoms with Crippen LogP contribution in [-0.2, 0) is 57.1 Å². The zero-order valence-corrected chi connectivity index (χ0v) is 64.7. The molecule has 0 aromatic heterocycles. The number of ether oxygens (including phenoxy) is 8. The van der Waals surface area contributed by atoms with E-state index in [0.29, 0.717) is 48.9 Å². The van der Waals surface area contributed by atoms with E-state index in [4.69, 9.17) is 37.9 Å². The average molecular weight is 1420 g/mol. The highest BCUT2D eigenvalue weighted by Crippen LogP contribution is 2.62. The summed E-state index contributed by atoms with van der Waals surface area (Å²) in [4.78, 5) is 80.1. The summed E-state index contributed by atoms with van der Waals surface area (Å²) < 4.78 is 43.9. The SMILES string of the molecule is CCCCC/C=C\C/C=C\CCCCCCCC(=O)OCC(COC(=O)CC1C2CC3CC(C2)CC1C3)COC(=O)OCCCN(CC)CC.CCCCC/C=C\C/C=C\CCCCCCCC(=O)OCC(COC(=O)CCC12CC3CC(CC(C3)C1)C2)COC(=O)OCCCN(CC)CC. The molecule has 16 heteroatoms. The Balaban J connectivity index is 0.000000364. The number of hydrogen-bond acceptors (Lipinski definition) is 16. The fourth-order valence-corrected chi connectivity index (χ4v) is 17.5. The first-order valence-corrected chi connectivity index (χ1v) is 41.5. The second-order valence-corrected chi connectivity index (χ2v) is 31.2. The van der Waals surface area contributed by atoms with Crippen LogP contribution >= 0.6 is 0 Å². The van der Waals surface area contributed by atoms with Crippen molar-refractivity contribution in [2.24, 2.45) is 64.6 Å². The van der Waals surface area contributed by atoms with Gasteiger partial charge in [0, 0.05) is 38.8 Å². The predicted molar refractivity (Wildman–Crippen MR) is 404 cm³/mol. The molecule has 16 nitrogen and oxygen atoms in total. The van der Waals surface area contributed by atoms with Gasteiger partial charge in [0.2, 0.25) is 0 Å². The lowest BCUT2D eigenvalue weighted by molar-refractivity contribution is -0.154.